The number of hydrogen-bond acceptors (Lipinski definition) is 5. The Morgan fingerprint density at radius 3 is 2.85 bits per heavy atom. The number of anilines is 1. The minimum Gasteiger partial charge on any atom is -0.383 e. The minimum atomic E-state index is -0.233. The van der Waals surface area contributed by atoms with Gasteiger partial charge in [0.05, 0.1) is 6.04 Å². The molecule has 2 aromatic rings. The summed E-state index contributed by atoms with van der Waals surface area (Å²) < 4.78 is 13.6. The standard InChI is InChI=1S/C14H17FN4S/c1-9-6-10(14(16)18-7-9)12(19-17)8-20-13-5-3-2-4-11(13)15/h2-7,12,19H,8,17H2,1H3,(H2,16,18). The van der Waals surface area contributed by atoms with Crippen molar-refractivity contribution in [1.82, 2.24) is 10.4 Å². The average molecular weight is 292 g/mol. The van der Waals surface area contributed by atoms with Crippen LogP contribution in [0.5, 0.6) is 0 Å². The summed E-state index contributed by atoms with van der Waals surface area (Å²) in [6.45, 7) is 1.94. The Morgan fingerprint density at radius 2 is 2.15 bits per heavy atom. The van der Waals surface area contributed by atoms with Crippen molar-refractivity contribution < 1.29 is 4.39 Å². The first-order chi connectivity index (χ1) is 9.61. The van der Waals surface area contributed by atoms with Gasteiger partial charge >= 0.3 is 0 Å². The molecule has 20 heavy (non-hydrogen) atoms. The van der Waals surface area contributed by atoms with Crippen LogP contribution in [0.3, 0.4) is 0 Å². The number of nitrogens with two attached hydrogens (primary N) is 2. The molecule has 0 saturated heterocycles. The van der Waals surface area contributed by atoms with E-state index in [0.717, 1.165) is 11.1 Å². The van der Waals surface area contributed by atoms with Gasteiger partial charge in [0.15, 0.2) is 0 Å². The number of nitrogens with one attached hydrogen (secondary N) is 1. The number of aromatic nitrogens is 1. The van der Waals surface area contributed by atoms with Gasteiger partial charge in [-0.2, -0.15) is 0 Å². The van der Waals surface area contributed by atoms with E-state index in [-0.39, 0.29) is 11.9 Å². The van der Waals surface area contributed by atoms with Crippen molar-refractivity contribution in [2.45, 2.75) is 17.9 Å². The highest BCUT2D eigenvalue weighted by Gasteiger charge is 2.15. The molecule has 1 unspecified atom stereocenters. The van der Waals surface area contributed by atoms with E-state index in [1.807, 2.05) is 13.0 Å². The van der Waals surface area contributed by atoms with E-state index in [1.165, 1.54) is 17.8 Å². The van der Waals surface area contributed by atoms with Crippen LogP contribution in [0.15, 0.2) is 41.4 Å². The highest BCUT2D eigenvalue weighted by Crippen LogP contribution is 2.28. The summed E-state index contributed by atoms with van der Waals surface area (Å²) >= 11 is 1.39. The van der Waals surface area contributed by atoms with Gasteiger partial charge < -0.3 is 5.73 Å². The first-order valence-electron chi connectivity index (χ1n) is 6.17. The SMILES string of the molecule is Cc1cnc(N)c(C(CSc2ccccc2F)NN)c1. The molecule has 0 bridgehead atoms. The van der Waals surface area contributed by atoms with Crippen LogP contribution in [-0.2, 0) is 0 Å². The minimum absolute atomic E-state index is 0.188. The van der Waals surface area contributed by atoms with Gasteiger partial charge in [-0.05, 0) is 30.7 Å². The topological polar surface area (TPSA) is 77.0 Å². The zero-order valence-corrected chi connectivity index (χ0v) is 12.0. The molecule has 106 valence electrons. The van der Waals surface area contributed by atoms with Crippen LogP contribution >= 0.6 is 11.8 Å². The Morgan fingerprint density at radius 1 is 1.40 bits per heavy atom. The van der Waals surface area contributed by atoms with Crippen molar-refractivity contribution >= 4 is 17.6 Å². The summed E-state index contributed by atoms with van der Waals surface area (Å²) in [5.41, 5.74) is 10.4. The Balaban J connectivity index is 2.13. The predicted molar refractivity (Wildman–Crippen MR) is 80.6 cm³/mol. The van der Waals surface area contributed by atoms with Gasteiger partial charge in [-0.3, -0.25) is 11.3 Å². The normalized spacial score (nSPS) is 12.3. The lowest BCUT2D eigenvalue weighted by molar-refractivity contribution is 0.596. The monoisotopic (exact) mass is 292 g/mol. The smallest absolute Gasteiger partial charge is 0.136 e. The molecular formula is C14H17FN4S. The fourth-order valence-corrected chi connectivity index (χ4v) is 2.85. The summed E-state index contributed by atoms with van der Waals surface area (Å²) in [6.07, 6.45) is 1.70. The number of aryl methyl sites for hydroxylation is 1. The zero-order chi connectivity index (χ0) is 14.5. The molecule has 0 saturated carbocycles. The molecule has 1 heterocycles. The van der Waals surface area contributed by atoms with Crippen molar-refractivity contribution in [2.24, 2.45) is 5.84 Å². The Bertz CT molecular complexity index is 591. The van der Waals surface area contributed by atoms with E-state index in [2.05, 4.69) is 10.4 Å². The van der Waals surface area contributed by atoms with Crippen molar-refractivity contribution in [2.75, 3.05) is 11.5 Å². The van der Waals surface area contributed by atoms with E-state index in [0.29, 0.717) is 16.5 Å². The van der Waals surface area contributed by atoms with Crippen LogP contribution in [0.4, 0.5) is 10.2 Å². The quantitative estimate of drug-likeness (QED) is 0.448. The molecular weight excluding hydrogens is 275 g/mol. The molecule has 0 amide bonds. The fraction of sp³-hybridized carbons (Fsp3) is 0.214. The number of rotatable bonds is 5. The largest absolute Gasteiger partial charge is 0.383 e. The van der Waals surface area contributed by atoms with Gasteiger partial charge in [-0.1, -0.05) is 12.1 Å². The second-order valence-electron chi connectivity index (χ2n) is 4.45. The maximum atomic E-state index is 13.6. The van der Waals surface area contributed by atoms with Crippen LogP contribution in [0.25, 0.3) is 0 Å². The lowest BCUT2D eigenvalue weighted by Crippen LogP contribution is -2.30. The van der Waals surface area contributed by atoms with Gasteiger partial charge in [0, 0.05) is 22.4 Å². The number of nitrogen functional groups attached to an aromatic ring is 1. The first-order valence-corrected chi connectivity index (χ1v) is 7.16. The van der Waals surface area contributed by atoms with Gasteiger partial charge in [-0.15, -0.1) is 11.8 Å². The Labute approximate surface area is 121 Å². The maximum absolute atomic E-state index is 13.6. The third kappa shape index (κ3) is 3.47. The highest BCUT2D eigenvalue weighted by atomic mass is 32.2. The van der Waals surface area contributed by atoms with E-state index in [4.69, 9.17) is 11.6 Å². The Hall–Kier alpha value is -1.63. The number of halogens is 1. The van der Waals surface area contributed by atoms with Crippen molar-refractivity contribution in [3.63, 3.8) is 0 Å². The van der Waals surface area contributed by atoms with E-state index >= 15 is 0 Å². The van der Waals surface area contributed by atoms with Crippen LogP contribution in [-0.4, -0.2) is 10.7 Å². The summed E-state index contributed by atoms with van der Waals surface area (Å²) in [5.74, 6) is 6.35. The van der Waals surface area contributed by atoms with Gasteiger partial charge in [-0.25, -0.2) is 9.37 Å². The Kier molecular flexibility index (Phi) is 4.94. The number of hydrogen-bond donors (Lipinski definition) is 3. The highest BCUT2D eigenvalue weighted by molar-refractivity contribution is 7.99. The van der Waals surface area contributed by atoms with Crippen molar-refractivity contribution in [1.29, 1.82) is 0 Å². The molecule has 0 aliphatic rings. The van der Waals surface area contributed by atoms with Gasteiger partial charge in [0.1, 0.15) is 11.6 Å². The number of pyridine rings is 1. The molecule has 0 radical (unpaired) electrons. The van der Waals surface area contributed by atoms with Gasteiger partial charge in [0.25, 0.3) is 0 Å². The maximum Gasteiger partial charge on any atom is 0.136 e. The lowest BCUT2D eigenvalue weighted by Gasteiger charge is -2.18. The predicted octanol–water partition coefficient (Wildman–Crippen LogP) is 2.41. The summed E-state index contributed by atoms with van der Waals surface area (Å²) in [7, 11) is 0. The average Bonchev–Trinajstić information content (AvgIpc) is 2.45. The van der Waals surface area contributed by atoms with Crippen LogP contribution in [0.1, 0.15) is 17.2 Å². The molecule has 1 aromatic heterocycles. The van der Waals surface area contributed by atoms with Crippen LogP contribution in [0, 0.1) is 12.7 Å². The number of thioether (sulfide) groups is 1. The number of benzene rings is 1. The lowest BCUT2D eigenvalue weighted by atomic mass is 10.1. The zero-order valence-electron chi connectivity index (χ0n) is 11.1. The van der Waals surface area contributed by atoms with Crippen molar-refractivity contribution in [3.8, 4) is 0 Å². The molecule has 5 N–H and O–H groups in total. The second kappa shape index (κ2) is 6.69. The molecule has 6 heteroatoms. The van der Waals surface area contributed by atoms with Crippen LogP contribution < -0.4 is 17.0 Å². The fourth-order valence-electron chi connectivity index (χ4n) is 1.84. The first kappa shape index (κ1) is 14.8. The molecule has 1 aromatic carbocycles. The second-order valence-corrected chi connectivity index (χ2v) is 5.51. The molecule has 0 spiro atoms. The van der Waals surface area contributed by atoms with Crippen LogP contribution in [0.2, 0.25) is 0 Å². The molecule has 4 nitrogen and oxygen atoms in total. The number of nitrogens with zero attached hydrogens (tertiary/aromatic N) is 1. The van der Waals surface area contributed by atoms with E-state index < -0.39 is 0 Å². The molecule has 0 fully saturated rings. The van der Waals surface area contributed by atoms with Crippen molar-refractivity contribution in [3.05, 3.63) is 53.5 Å². The summed E-state index contributed by atoms with van der Waals surface area (Å²) in [5, 5.41) is 0. The third-order valence-electron chi connectivity index (χ3n) is 2.90. The molecule has 0 aliphatic heterocycles. The number of hydrazine groups is 1. The molecule has 1 atom stereocenters. The summed E-state index contributed by atoms with van der Waals surface area (Å²) in [6, 6.07) is 8.40. The van der Waals surface area contributed by atoms with Gasteiger partial charge in [0.2, 0.25) is 0 Å². The van der Waals surface area contributed by atoms with E-state index in [1.54, 1.807) is 24.4 Å². The summed E-state index contributed by atoms with van der Waals surface area (Å²) in [4.78, 5) is 4.71. The molecule has 2 rings (SSSR count). The van der Waals surface area contributed by atoms with E-state index in [9.17, 15) is 4.39 Å². The molecule has 0 aliphatic carbocycles. The third-order valence-corrected chi connectivity index (χ3v) is 4.05.